The van der Waals surface area contributed by atoms with E-state index in [-0.39, 0.29) is 11.7 Å². The molecule has 0 spiro atoms. The molecule has 4 heteroatoms. The van der Waals surface area contributed by atoms with Crippen LogP contribution in [0, 0.1) is 5.82 Å². The number of rotatable bonds is 7. The topological polar surface area (TPSA) is 33.5 Å². The van der Waals surface area contributed by atoms with Crippen molar-refractivity contribution in [3.05, 3.63) is 59.8 Å². The van der Waals surface area contributed by atoms with Crippen molar-refractivity contribution >= 4 is 5.91 Å². The van der Waals surface area contributed by atoms with Gasteiger partial charge >= 0.3 is 0 Å². The fourth-order valence-electron chi connectivity index (χ4n) is 2.17. The van der Waals surface area contributed by atoms with Crippen molar-refractivity contribution in [3.8, 4) is 0 Å². The van der Waals surface area contributed by atoms with Crippen LogP contribution in [0.3, 0.4) is 0 Å². The molecule has 3 nitrogen and oxygen atoms in total. The van der Waals surface area contributed by atoms with E-state index in [0.717, 1.165) is 24.8 Å². The summed E-state index contributed by atoms with van der Waals surface area (Å²) in [5.41, 5.74) is 0.910. The summed E-state index contributed by atoms with van der Waals surface area (Å²) in [4.78, 5) is 14.2. The van der Waals surface area contributed by atoms with Crippen LogP contribution in [0.5, 0.6) is 0 Å². The number of nitrogens with zero attached hydrogens (tertiary/aromatic N) is 1. The third-order valence-electron chi connectivity index (χ3n) is 3.34. The monoisotopic (exact) mass is 289 g/mol. The molecule has 0 atom stereocenters. The van der Waals surface area contributed by atoms with Crippen LogP contribution < -0.4 is 0 Å². The van der Waals surface area contributed by atoms with Gasteiger partial charge in [-0.05, 0) is 36.2 Å². The van der Waals surface area contributed by atoms with Gasteiger partial charge in [0, 0.05) is 13.1 Å². The van der Waals surface area contributed by atoms with Crippen LogP contribution in [0.4, 0.5) is 4.39 Å². The van der Waals surface area contributed by atoms with Crippen LogP contribution >= 0.6 is 0 Å². The molecular weight excluding hydrogens is 269 g/mol. The SMILES string of the molecule is CCCCCN(Cc1ccc(F)cc1)C(=O)c1ccco1. The van der Waals surface area contributed by atoms with Crippen LogP contribution in [0.15, 0.2) is 47.1 Å². The Bertz CT molecular complexity index is 549. The van der Waals surface area contributed by atoms with Crippen molar-refractivity contribution in [2.45, 2.75) is 32.7 Å². The average Bonchev–Trinajstić information content (AvgIpc) is 3.02. The van der Waals surface area contributed by atoms with Crippen molar-refractivity contribution in [1.29, 1.82) is 0 Å². The van der Waals surface area contributed by atoms with Crippen LogP contribution in [0.1, 0.15) is 42.3 Å². The third-order valence-corrected chi connectivity index (χ3v) is 3.34. The molecule has 0 saturated heterocycles. The van der Waals surface area contributed by atoms with Crippen LogP contribution in [-0.4, -0.2) is 17.4 Å². The van der Waals surface area contributed by atoms with E-state index in [1.54, 1.807) is 29.2 Å². The molecule has 0 aliphatic heterocycles. The molecule has 0 aliphatic rings. The lowest BCUT2D eigenvalue weighted by Gasteiger charge is -2.21. The molecule has 2 aromatic rings. The summed E-state index contributed by atoms with van der Waals surface area (Å²) >= 11 is 0. The molecule has 21 heavy (non-hydrogen) atoms. The van der Waals surface area contributed by atoms with E-state index < -0.39 is 0 Å². The molecule has 112 valence electrons. The highest BCUT2D eigenvalue weighted by atomic mass is 19.1. The molecule has 0 bridgehead atoms. The maximum atomic E-state index is 13.0. The molecule has 0 radical (unpaired) electrons. The zero-order valence-corrected chi connectivity index (χ0v) is 12.2. The summed E-state index contributed by atoms with van der Waals surface area (Å²) in [5, 5.41) is 0. The Morgan fingerprint density at radius 1 is 1.19 bits per heavy atom. The summed E-state index contributed by atoms with van der Waals surface area (Å²) in [5.74, 6) is -0.0531. The Balaban J connectivity index is 2.07. The number of hydrogen-bond acceptors (Lipinski definition) is 2. The van der Waals surface area contributed by atoms with Gasteiger partial charge in [-0.3, -0.25) is 4.79 Å². The maximum Gasteiger partial charge on any atom is 0.289 e. The standard InChI is InChI=1S/C17H20FNO2/c1-2-3-4-11-19(17(20)16-6-5-12-21-16)13-14-7-9-15(18)10-8-14/h5-10,12H,2-4,11,13H2,1H3. The van der Waals surface area contributed by atoms with E-state index >= 15 is 0 Å². The largest absolute Gasteiger partial charge is 0.459 e. The van der Waals surface area contributed by atoms with E-state index in [1.807, 2.05) is 0 Å². The van der Waals surface area contributed by atoms with Gasteiger partial charge in [-0.1, -0.05) is 31.9 Å². The molecule has 2 rings (SSSR count). The van der Waals surface area contributed by atoms with E-state index in [0.29, 0.717) is 18.8 Å². The normalized spacial score (nSPS) is 10.6. The number of unbranched alkanes of at least 4 members (excludes halogenated alkanes) is 2. The summed E-state index contributed by atoms with van der Waals surface area (Å²) in [6.07, 6.45) is 4.62. The molecule has 0 aliphatic carbocycles. The second-order valence-electron chi connectivity index (χ2n) is 5.04. The summed E-state index contributed by atoms with van der Waals surface area (Å²) in [6, 6.07) is 9.61. The average molecular weight is 289 g/mol. The first-order valence-corrected chi connectivity index (χ1v) is 7.28. The van der Waals surface area contributed by atoms with E-state index in [2.05, 4.69) is 6.92 Å². The first kappa shape index (κ1) is 15.3. The van der Waals surface area contributed by atoms with Gasteiger partial charge in [-0.2, -0.15) is 0 Å². The Hall–Kier alpha value is -2.10. The lowest BCUT2D eigenvalue weighted by molar-refractivity contribution is 0.0708. The Labute approximate surface area is 124 Å². The van der Waals surface area contributed by atoms with Gasteiger partial charge in [0.1, 0.15) is 5.82 Å². The number of halogens is 1. The minimum Gasteiger partial charge on any atom is -0.459 e. The first-order chi connectivity index (χ1) is 10.2. The second kappa shape index (κ2) is 7.62. The fraction of sp³-hybridized carbons (Fsp3) is 0.353. The Morgan fingerprint density at radius 3 is 2.57 bits per heavy atom. The summed E-state index contributed by atoms with van der Waals surface area (Å²) in [7, 11) is 0. The number of carbonyl (C=O) groups is 1. The third kappa shape index (κ3) is 4.45. The van der Waals surface area contributed by atoms with Crippen molar-refractivity contribution in [1.82, 2.24) is 4.90 Å². The first-order valence-electron chi connectivity index (χ1n) is 7.28. The van der Waals surface area contributed by atoms with E-state index in [4.69, 9.17) is 4.42 Å². The molecule has 0 saturated carbocycles. The van der Waals surface area contributed by atoms with Gasteiger partial charge < -0.3 is 9.32 Å². The number of amides is 1. The molecule has 1 amide bonds. The van der Waals surface area contributed by atoms with E-state index in [9.17, 15) is 9.18 Å². The highest BCUT2D eigenvalue weighted by molar-refractivity contribution is 5.91. The minimum atomic E-state index is -0.270. The van der Waals surface area contributed by atoms with Crippen LogP contribution in [0.25, 0.3) is 0 Å². The number of carbonyl (C=O) groups excluding carboxylic acids is 1. The molecule has 1 heterocycles. The quantitative estimate of drug-likeness (QED) is 0.714. The molecule has 0 fully saturated rings. The zero-order valence-electron chi connectivity index (χ0n) is 12.2. The Morgan fingerprint density at radius 2 is 1.95 bits per heavy atom. The van der Waals surface area contributed by atoms with Crippen molar-refractivity contribution in [2.24, 2.45) is 0 Å². The van der Waals surface area contributed by atoms with Crippen molar-refractivity contribution in [3.63, 3.8) is 0 Å². The van der Waals surface area contributed by atoms with Gasteiger partial charge in [-0.15, -0.1) is 0 Å². The van der Waals surface area contributed by atoms with Gasteiger partial charge in [-0.25, -0.2) is 4.39 Å². The molecular formula is C17H20FNO2. The van der Waals surface area contributed by atoms with Crippen LogP contribution in [0.2, 0.25) is 0 Å². The van der Waals surface area contributed by atoms with Crippen molar-refractivity contribution in [2.75, 3.05) is 6.54 Å². The molecule has 0 N–H and O–H groups in total. The zero-order chi connectivity index (χ0) is 15.1. The van der Waals surface area contributed by atoms with Crippen molar-refractivity contribution < 1.29 is 13.6 Å². The highest BCUT2D eigenvalue weighted by Crippen LogP contribution is 2.13. The van der Waals surface area contributed by atoms with Gasteiger partial charge in [0.05, 0.1) is 6.26 Å². The minimum absolute atomic E-state index is 0.125. The molecule has 0 unspecified atom stereocenters. The van der Waals surface area contributed by atoms with Crippen LogP contribution in [-0.2, 0) is 6.54 Å². The molecule has 1 aromatic carbocycles. The highest BCUT2D eigenvalue weighted by Gasteiger charge is 2.18. The summed E-state index contributed by atoms with van der Waals surface area (Å²) < 4.78 is 18.1. The second-order valence-corrected chi connectivity index (χ2v) is 5.04. The molecule has 1 aromatic heterocycles. The van der Waals surface area contributed by atoms with Gasteiger partial charge in [0.2, 0.25) is 0 Å². The maximum absolute atomic E-state index is 13.0. The number of furan rings is 1. The number of hydrogen-bond donors (Lipinski definition) is 0. The predicted molar refractivity (Wildman–Crippen MR) is 79.4 cm³/mol. The Kier molecular flexibility index (Phi) is 5.55. The van der Waals surface area contributed by atoms with Gasteiger partial charge in [0.15, 0.2) is 5.76 Å². The lowest BCUT2D eigenvalue weighted by atomic mass is 10.2. The summed E-state index contributed by atoms with van der Waals surface area (Å²) in [6.45, 7) is 3.26. The smallest absolute Gasteiger partial charge is 0.289 e. The van der Waals surface area contributed by atoms with Gasteiger partial charge in [0.25, 0.3) is 5.91 Å². The van der Waals surface area contributed by atoms with E-state index in [1.165, 1.54) is 18.4 Å². The lowest BCUT2D eigenvalue weighted by Crippen LogP contribution is -2.31. The predicted octanol–water partition coefficient (Wildman–Crippen LogP) is 4.25. The fourth-order valence-corrected chi connectivity index (χ4v) is 2.17. The number of benzene rings is 1.